The van der Waals surface area contributed by atoms with E-state index in [9.17, 15) is 4.79 Å². The third-order valence-electron chi connectivity index (χ3n) is 2.65. The zero-order chi connectivity index (χ0) is 12.3. The Morgan fingerprint density at radius 3 is 2.62 bits per heavy atom. The lowest BCUT2D eigenvalue weighted by Gasteiger charge is -2.37. The predicted molar refractivity (Wildman–Crippen MR) is 64.3 cm³/mol. The van der Waals surface area contributed by atoms with E-state index in [0.717, 1.165) is 13.1 Å². The second-order valence-corrected chi connectivity index (χ2v) is 5.67. The van der Waals surface area contributed by atoms with Gasteiger partial charge in [-0.2, -0.15) is 0 Å². The summed E-state index contributed by atoms with van der Waals surface area (Å²) in [6.45, 7) is 12.2. The van der Waals surface area contributed by atoms with Crippen LogP contribution in [0.5, 0.6) is 0 Å². The molecule has 1 heterocycles. The maximum atomic E-state index is 11.7. The highest BCUT2D eigenvalue weighted by Gasteiger charge is 2.26. The average molecular weight is 228 g/mol. The van der Waals surface area contributed by atoms with E-state index in [0.29, 0.717) is 18.6 Å². The van der Waals surface area contributed by atoms with E-state index in [-0.39, 0.29) is 11.6 Å². The van der Waals surface area contributed by atoms with Crippen LogP contribution < -0.4 is 5.32 Å². The summed E-state index contributed by atoms with van der Waals surface area (Å²) in [4.78, 5) is 13.9. The van der Waals surface area contributed by atoms with Gasteiger partial charge in [-0.05, 0) is 34.6 Å². The van der Waals surface area contributed by atoms with Crippen LogP contribution in [0, 0.1) is 0 Å². The molecule has 1 saturated heterocycles. The van der Waals surface area contributed by atoms with Crippen molar-refractivity contribution in [2.75, 3.05) is 19.6 Å². The minimum atomic E-state index is -0.389. The molecule has 0 aliphatic carbocycles. The molecular formula is C12H24N2O2. The molecule has 4 heteroatoms. The van der Waals surface area contributed by atoms with Crippen LogP contribution in [0.3, 0.4) is 0 Å². The molecule has 1 rings (SSSR count). The van der Waals surface area contributed by atoms with Gasteiger partial charge < -0.3 is 10.1 Å². The number of carbonyl (C=O) groups is 1. The molecule has 1 aliphatic rings. The first-order chi connectivity index (χ1) is 7.28. The quantitative estimate of drug-likeness (QED) is 0.716. The molecule has 0 aromatic rings. The summed E-state index contributed by atoms with van der Waals surface area (Å²) in [5, 5.41) is 3.39. The summed E-state index contributed by atoms with van der Waals surface area (Å²) in [6.07, 6.45) is 0. The van der Waals surface area contributed by atoms with Gasteiger partial charge in [0.2, 0.25) is 0 Å². The molecule has 4 nitrogen and oxygen atoms in total. The van der Waals surface area contributed by atoms with E-state index in [2.05, 4.69) is 24.1 Å². The van der Waals surface area contributed by atoms with Gasteiger partial charge in [-0.25, -0.2) is 0 Å². The molecule has 0 aromatic heterocycles. The number of nitrogens with one attached hydrogen (secondary N) is 1. The number of ether oxygens (including phenoxy) is 1. The van der Waals surface area contributed by atoms with Crippen molar-refractivity contribution in [1.82, 2.24) is 10.2 Å². The summed E-state index contributed by atoms with van der Waals surface area (Å²) in [7, 11) is 0. The van der Waals surface area contributed by atoms with Gasteiger partial charge in [0, 0.05) is 25.2 Å². The second kappa shape index (κ2) is 5.15. The predicted octanol–water partition coefficient (Wildman–Crippen LogP) is 1.01. The summed E-state index contributed by atoms with van der Waals surface area (Å²) in [6, 6.07) is 0.836. The molecule has 1 aliphatic heterocycles. The van der Waals surface area contributed by atoms with E-state index in [1.807, 2.05) is 20.8 Å². The van der Waals surface area contributed by atoms with E-state index >= 15 is 0 Å². The highest BCUT2D eigenvalue weighted by Crippen LogP contribution is 2.10. The molecule has 1 N–H and O–H groups in total. The Labute approximate surface area is 98.3 Å². The highest BCUT2D eigenvalue weighted by molar-refractivity contribution is 5.72. The number of carbonyl (C=O) groups excluding carboxylic acids is 1. The number of esters is 1. The van der Waals surface area contributed by atoms with Gasteiger partial charge in [-0.15, -0.1) is 0 Å². The smallest absolute Gasteiger partial charge is 0.320 e. The lowest BCUT2D eigenvalue weighted by Crippen LogP contribution is -2.55. The molecule has 16 heavy (non-hydrogen) atoms. The fourth-order valence-corrected chi connectivity index (χ4v) is 1.86. The molecule has 2 unspecified atom stereocenters. The lowest BCUT2D eigenvalue weighted by molar-refractivity contribution is -0.157. The summed E-state index contributed by atoms with van der Waals surface area (Å²) in [5.74, 6) is -0.131. The third-order valence-corrected chi connectivity index (χ3v) is 2.65. The van der Waals surface area contributed by atoms with Crippen LogP contribution in [0.25, 0.3) is 0 Å². The van der Waals surface area contributed by atoms with Crippen LogP contribution in [-0.4, -0.2) is 48.2 Å². The van der Waals surface area contributed by atoms with Crippen LogP contribution >= 0.6 is 0 Å². The fourth-order valence-electron chi connectivity index (χ4n) is 1.86. The van der Waals surface area contributed by atoms with Gasteiger partial charge in [-0.1, -0.05) is 0 Å². The van der Waals surface area contributed by atoms with Crippen molar-refractivity contribution in [1.29, 1.82) is 0 Å². The van der Waals surface area contributed by atoms with Crippen molar-refractivity contribution in [3.8, 4) is 0 Å². The van der Waals surface area contributed by atoms with Crippen molar-refractivity contribution in [3.05, 3.63) is 0 Å². The van der Waals surface area contributed by atoms with Crippen molar-refractivity contribution < 1.29 is 9.53 Å². The molecule has 94 valence electrons. The number of rotatable bonds is 2. The van der Waals surface area contributed by atoms with Crippen LogP contribution in [0.2, 0.25) is 0 Å². The number of piperazine rings is 1. The average Bonchev–Trinajstić information content (AvgIpc) is 2.08. The van der Waals surface area contributed by atoms with Crippen molar-refractivity contribution >= 4 is 5.97 Å². The third kappa shape index (κ3) is 4.49. The van der Waals surface area contributed by atoms with Crippen LogP contribution in [-0.2, 0) is 9.53 Å². The van der Waals surface area contributed by atoms with Crippen LogP contribution in [0.1, 0.15) is 34.6 Å². The first-order valence-corrected chi connectivity index (χ1v) is 5.97. The standard InChI is InChI=1S/C12H24N2O2/c1-9-7-14(10(2)6-13-9)8-11(15)16-12(3,4)5/h9-10,13H,6-8H2,1-5H3. The van der Waals surface area contributed by atoms with Gasteiger partial charge >= 0.3 is 5.97 Å². The van der Waals surface area contributed by atoms with Crippen LogP contribution in [0.4, 0.5) is 0 Å². The largest absolute Gasteiger partial charge is 0.459 e. The monoisotopic (exact) mass is 228 g/mol. The van der Waals surface area contributed by atoms with E-state index < -0.39 is 0 Å². The van der Waals surface area contributed by atoms with Crippen molar-refractivity contribution in [2.24, 2.45) is 0 Å². The first-order valence-electron chi connectivity index (χ1n) is 5.97. The lowest BCUT2D eigenvalue weighted by atomic mass is 10.1. The molecule has 0 amide bonds. The Kier molecular flexibility index (Phi) is 4.33. The normalized spacial score (nSPS) is 27.8. The fraction of sp³-hybridized carbons (Fsp3) is 0.917. The van der Waals surface area contributed by atoms with Crippen molar-refractivity contribution in [2.45, 2.75) is 52.3 Å². The topological polar surface area (TPSA) is 41.6 Å². The molecule has 0 radical (unpaired) electrons. The minimum absolute atomic E-state index is 0.131. The zero-order valence-corrected chi connectivity index (χ0v) is 11.0. The molecule has 1 fully saturated rings. The highest BCUT2D eigenvalue weighted by atomic mass is 16.6. The maximum absolute atomic E-state index is 11.7. The molecule has 2 atom stereocenters. The Balaban J connectivity index is 2.43. The van der Waals surface area contributed by atoms with Gasteiger partial charge in [0.25, 0.3) is 0 Å². The number of nitrogens with zero attached hydrogens (tertiary/aromatic N) is 1. The van der Waals surface area contributed by atoms with E-state index in [1.54, 1.807) is 0 Å². The number of hydrogen-bond donors (Lipinski definition) is 1. The summed E-state index contributed by atoms with van der Waals surface area (Å²) in [5.41, 5.74) is -0.389. The SMILES string of the molecule is CC1CN(CC(=O)OC(C)(C)C)C(C)CN1. The zero-order valence-electron chi connectivity index (χ0n) is 11.0. The van der Waals surface area contributed by atoms with Gasteiger partial charge in [0.05, 0.1) is 6.54 Å². The molecule has 0 bridgehead atoms. The molecule has 0 spiro atoms. The molecule has 0 aromatic carbocycles. The van der Waals surface area contributed by atoms with E-state index in [1.165, 1.54) is 0 Å². The van der Waals surface area contributed by atoms with Gasteiger partial charge in [0.1, 0.15) is 5.60 Å². The maximum Gasteiger partial charge on any atom is 0.320 e. The van der Waals surface area contributed by atoms with E-state index in [4.69, 9.17) is 4.74 Å². The van der Waals surface area contributed by atoms with Gasteiger partial charge in [-0.3, -0.25) is 9.69 Å². The Bertz CT molecular complexity index is 248. The number of hydrogen-bond acceptors (Lipinski definition) is 4. The Morgan fingerprint density at radius 1 is 1.44 bits per heavy atom. The Hall–Kier alpha value is -0.610. The van der Waals surface area contributed by atoms with Crippen LogP contribution in [0.15, 0.2) is 0 Å². The van der Waals surface area contributed by atoms with Crippen molar-refractivity contribution in [3.63, 3.8) is 0 Å². The summed E-state index contributed by atoms with van der Waals surface area (Å²) < 4.78 is 5.32. The van der Waals surface area contributed by atoms with Gasteiger partial charge in [0.15, 0.2) is 0 Å². The summed E-state index contributed by atoms with van der Waals surface area (Å²) >= 11 is 0. The first kappa shape index (κ1) is 13.5. The Morgan fingerprint density at radius 2 is 2.06 bits per heavy atom. The minimum Gasteiger partial charge on any atom is -0.459 e. The second-order valence-electron chi connectivity index (χ2n) is 5.67. The molecule has 0 saturated carbocycles. The molecular weight excluding hydrogens is 204 g/mol.